The standard InChI is InChI=1S/C21H26BrN3O4S/c1-15-9-5-6-10-17(15)13-24(16(2)21(27)23-3)20(26)14-25(30(4,28)29)19-12-8-7-11-18(19)22/h5-12,16H,13-14H2,1-4H3,(H,23,27)/t16-/m0/s1. The molecule has 0 heterocycles. The van der Waals surface area contributed by atoms with E-state index in [2.05, 4.69) is 21.2 Å². The number of hydrogen-bond acceptors (Lipinski definition) is 4. The van der Waals surface area contributed by atoms with Gasteiger partial charge in [0.05, 0.1) is 11.9 Å². The Labute approximate surface area is 186 Å². The lowest BCUT2D eigenvalue weighted by molar-refractivity contribution is -0.139. The third-order valence-corrected chi connectivity index (χ3v) is 6.61. The first-order valence-electron chi connectivity index (χ1n) is 9.34. The average Bonchev–Trinajstić information content (AvgIpc) is 2.70. The SMILES string of the molecule is CNC(=O)[C@H](C)N(Cc1ccccc1C)C(=O)CN(c1ccccc1Br)S(C)(=O)=O. The molecular formula is C21H26BrN3O4S. The first-order valence-corrected chi connectivity index (χ1v) is 12.0. The van der Waals surface area contributed by atoms with Gasteiger partial charge in [-0.2, -0.15) is 0 Å². The molecule has 0 aliphatic rings. The van der Waals surface area contributed by atoms with Crippen LogP contribution in [0.4, 0.5) is 5.69 Å². The van der Waals surface area contributed by atoms with E-state index in [0.29, 0.717) is 10.2 Å². The van der Waals surface area contributed by atoms with Crippen LogP contribution in [-0.4, -0.2) is 51.0 Å². The number of nitrogens with one attached hydrogen (secondary N) is 1. The van der Waals surface area contributed by atoms with Crippen molar-refractivity contribution >= 4 is 43.5 Å². The molecule has 0 saturated heterocycles. The van der Waals surface area contributed by atoms with Crippen molar-refractivity contribution in [2.75, 3.05) is 24.2 Å². The Balaban J connectivity index is 2.41. The molecule has 162 valence electrons. The van der Waals surface area contributed by atoms with Crippen molar-refractivity contribution in [3.8, 4) is 0 Å². The van der Waals surface area contributed by atoms with Gasteiger partial charge >= 0.3 is 0 Å². The molecule has 1 N–H and O–H groups in total. The highest BCUT2D eigenvalue weighted by atomic mass is 79.9. The Morgan fingerprint density at radius 3 is 2.27 bits per heavy atom. The molecule has 9 heteroatoms. The minimum absolute atomic E-state index is 0.188. The minimum Gasteiger partial charge on any atom is -0.357 e. The summed E-state index contributed by atoms with van der Waals surface area (Å²) in [5, 5.41) is 2.55. The second-order valence-corrected chi connectivity index (χ2v) is 9.72. The van der Waals surface area contributed by atoms with Crippen LogP contribution in [0.2, 0.25) is 0 Å². The van der Waals surface area contributed by atoms with Gasteiger partial charge in [0.15, 0.2) is 0 Å². The number of halogens is 1. The normalized spacial score (nSPS) is 12.2. The molecule has 1 atom stereocenters. The Bertz CT molecular complexity index is 1030. The summed E-state index contributed by atoms with van der Waals surface area (Å²) in [6, 6.07) is 13.6. The molecular weight excluding hydrogens is 470 g/mol. The van der Waals surface area contributed by atoms with Gasteiger partial charge in [0.1, 0.15) is 12.6 Å². The molecule has 0 aliphatic carbocycles. The first kappa shape index (κ1) is 23.9. The lowest BCUT2D eigenvalue weighted by atomic mass is 10.1. The predicted molar refractivity (Wildman–Crippen MR) is 122 cm³/mol. The molecule has 0 saturated carbocycles. The average molecular weight is 496 g/mol. The van der Waals surface area contributed by atoms with E-state index in [1.54, 1.807) is 31.2 Å². The number of aryl methyl sites for hydroxylation is 1. The van der Waals surface area contributed by atoms with Crippen LogP contribution in [0.25, 0.3) is 0 Å². The maximum atomic E-state index is 13.3. The van der Waals surface area contributed by atoms with Crippen molar-refractivity contribution in [1.29, 1.82) is 0 Å². The van der Waals surface area contributed by atoms with Gasteiger partial charge in [-0.05, 0) is 53.0 Å². The minimum atomic E-state index is -3.75. The van der Waals surface area contributed by atoms with E-state index < -0.39 is 28.5 Å². The van der Waals surface area contributed by atoms with E-state index in [1.807, 2.05) is 31.2 Å². The van der Waals surface area contributed by atoms with Gasteiger partial charge in [-0.1, -0.05) is 36.4 Å². The highest BCUT2D eigenvalue weighted by molar-refractivity contribution is 9.10. The smallest absolute Gasteiger partial charge is 0.244 e. The summed E-state index contributed by atoms with van der Waals surface area (Å²) in [7, 11) is -2.25. The van der Waals surface area contributed by atoms with Gasteiger partial charge in [-0.15, -0.1) is 0 Å². The van der Waals surface area contributed by atoms with Crippen LogP contribution in [0.1, 0.15) is 18.1 Å². The maximum Gasteiger partial charge on any atom is 0.244 e. The number of carbonyl (C=O) groups excluding carboxylic acids is 2. The predicted octanol–water partition coefficient (Wildman–Crippen LogP) is 2.69. The van der Waals surface area contributed by atoms with Crippen LogP contribution >= 0.6 is 15.9 Å². The fraction of sp³-hybridized carbons (Fsp3) is 0.333. The Hall–Kier alpha value is -2.39. The number of likely N-dealkylation sites (N-methyl/N-ethyl adjacent to an activating group) is 1. The third-order valence-electron chi connectivity index (χ3n) is 4.82. The fourth-order valence-electron chi connectivity index (χ4n) is 3.01. The monoisotopic (exact) mass is 495 g/mol. The largest absolute Gasteiger partial charge is 0.357 e. The molecule has 0 spiro atoms. The molecule has 2 aromatic rings. The van der Waals surface area contributed by atoms with Crippen molar-refractivity contribution in [3.05, 3.63) is 64.1 Å². The molecule has 0 aliphatic heterocycles. The highest BCUT2D eigenvalue weighted by Crippen LogP contribution is 2.28. The number of rotatable bonds is 8. The van der Waals surface area contributed by atoms with Gasteiger partial charge in [0, 0.05) is 18.1 Å². The van der Waals surface area contributed by atoms with Crippen molar-refractivity contribution in [2.45, 2.75) is 26.4 Å². The van der Waals surface area contributed by atoms with Gasteiger partial charge in [0.2, 0.25) is 21.8 Å². The number of sulfonamides is 1. The molecule has 0 unspecified atom stereocenters. The summed E-state index contributed by atoms with van der Waals surface area (Å²) in [6.45, 7) is 3.31. The second kappa shape index (κ2) is 10.1. The quantitative estimate of drug-likeness (QED) is 0.609. The summed E-state index contributed by atoms with van der Waals surface area (Å²) in [4.78, 5) is 27.0. The van der Waals surface area contributed by atoms with Crippen molar-refractivity contribution in [1.82, 2.24) is 10.2 Å². The van der Waals surface area contributed by atoms with Crippen molar-refractivity contribution in [3.63, 3.8) is 0 Å². The molecule has 0 bridgehead atoms. The highest BCUT2D eigenvalue weighted by Gasteiger charge is 2.30. The lowest BCUT2D eigenvalue weighted by Gasteiger charge is -2.31. The van der Waals surface area contributed by atoms with Crippen LogP contribution in [0.5, 0.6) is 0 Å². The topological polar surface area (TPSA) is 86.8 Å². The maximum absolute atomic E-state index is 13.3. The lowest BCUT2D eigenvalue weighted by Crippen LogP contribution is -2.50. The Morgan fingerprint density at radius 2 is 1.70 bits per heavy atom. The van der Waals surface area contributed by atoms with Crippen LogP contribution < -0.4 is 9.62 Å². The molecule has 0 fully saturated rings. The molecule has 0 aromatic heterocycles. The van der Waals surface area contributed by atoms with E-state index >= 15 is 0 Å². The van der Waals surface area contributed by atoms with Gasteiger partial charge in [-0.25, -0.2) is 8.42 Å². The first-order chi connectivity index (χ1) is 14.1. The zero-order chi connectivity index (χ0) is 22.5. The zero-order valence-electron chi connectivity index (χ0n) is 17.4. The van der Waals surface area contributed by atoms with E-state index in [4.69, 9.17) is 0 Å². The number of carbonyl (C=O) groups is 2. The zero-order valence-corrected chi connectivity index (χ0v) is 19.8. The number of amides is 2. The van der Waals surface area contributed by atoms with Gasteiger partial charge < -0.3 is 10.2 Å². The number of nitrogens with zero attached hydrogens (tertiary/aromatic N) is 2. The summed E-state index contributed by atoms with van der Waals surface area (Å²) < 4.78 is 26.5. The molecule has 30 heavy (non-hydrogen) atoms. The summed E-state index contributed by atoms with van der Waals surface area (Å²) in [5.41, 5.74) is 2.22. The summed E-state index contributed by atoms with van der Waals surface area (Å²) >= 11 is 3.35. The van der Waals surface area contributed by atoms with E-state index in [0.717, 1.165) is 21.7 Å². The van der Waals surface area contributed by atoms with Gasteiger partial charge in [-0.3, -0.25) is 13.9 Å². The van der Waals surface area contributed by atoms with E-state index in [9.17, 15) is 18.0 Å². The van der Waals surface area contributed by atoms with Gasteiger partial charge in [0.25, 0.3) is 0 Å². The van der Waals surface area contributed by atoms with Crippen LogP contribution in [-0.2, 0) is 26.2 Å². The molecule has 2 amide bonds. The molecule has 2 aromatic carbocycles. The van der Waals surface area contributed by atoms with Crippen molar-refractivity contribution < 1.29 is 18.0 Å². The van der Waals surface area contributed by atoms with Crippen LogP contribution in [0.15, 0.2) is 53.0 Å². The molecule has 2 rings (SSSR count). The second-order valence-electron chi connectivity index (χ2n) is 6.96. The van der Waals surface area contributed by atoms with E-state index in [1.165, 1.54) is 11.9 Å². The van der Waals surface area contributed by atoms with Crippen LogP contribution in [0.3, 0.4) is 0 Å². The van der Waals surface area contributed by atoms with Crippen LogP contribution in [0, 0.1) is 6.92 Å². The summed E-state index contributed by atoms with van der Waals surface area (Å²) in [6.07, 6.45) is 1.05. The van der Waals surface area contributed by atoms with Crippen molar-refractivity contribution in [2.24, 2.45) is 0 Å². The molecule has 0 radical (unpaired) electrons. The third kappa shape index (κ3) is 5.82. The van der Waals surface area contributed by atoms with E-state index in [-0.39, 0.29) is 12.5 Å². The summed E-state index contributed by atoms with van der Waals surface area (Å²) in [5.74, 6) is -0.806. The number of anilines is 1. The molecule has 7 nitrogen and oxygen atoms in total. The Morgan fingerprint density at radius 1 is 1.10 bits per heavy atom. The number of para-hydroxylation sites is 1. The number of hydrogen-bond donors (Lipinski definition) is 1. The number of benzene rings is 2. The Kier molecular flexibility index (Phi) is 8.03. The fourth-order valence-corrected chi connectivity index (χ4v) is 4.49.